The molecule has 0 bridgehead atoms. The highest BCUT2D eigenvalue weighted by atomic mass is 32.1. The van der Waals surface area contributed by atoms with Crippen molar-refractivity contribution in [3.8, 4) is 16.9 Å². The van der Waals surface area contributed by atoms with E-state index in [-0.39, 0.29) is 12.2 Å². The molecule has 5 rings (SSSR count). The molecule has 1 N–H and O–H groups in total. The summed E-state index contributed by atoms with van der Waals surface area (Å²) >= 11 is 1.25. The van der Waals surface area contributed by atoms with Crippen molar-refractivity contribution in [3.63, 3.8) is 0 Å². The molecule has 178 valence electrons. The fraction of sp³-hybridized carbons (Fsp3) is 0.222. The molecule has 35 heavy (non-hydrogen) atoms. The molecule has 7 nitrogen and oxygen atoms in total. The predicted molar refractivity (Wildman–Crippen MR) is 134 cm³/mol. The molecule has 2 aromatic heterocycles. The Morgan fingerprint density at radius 3 is 2.63 bits per heavy atom. The van der Waals surface area contributed by atoms with E-state index < -0.39 is 11.9 Å². The van der Waals surface area contributed by atoms with Crippen LogP contribution in [0.1, 0.15) is 33.5 Å². The molecular formula is C27H23NO6S. The van der Waals surface area contributed by atoms with Crippen LogP contribution in [0.3, 0.4) is 0 Å². The molecule has 2 aromatic carbocycles. The van der Waals surface area contributed by atoms with E-state index in [1.807, 2.05) is 42.6 Å². The molecule has 0 fully saturated rings. The van der Waals surface area contributed by atoms with E-state index in [0.29, 0.717) is 27.5 Å². The van der Waals surface area contributed by atoms with Crippen molar-refractivity contribution in [1.29, 1.82) is 0 Å². The molecule has 1 aliphatic rings. The SMILES string of the molecule is COC(=O)c1c(-c2ccc(C)cc2)csc1NC(=O)COc1ccc2c3c(c(=O)oc2c1)CCC3. The van der Waals surface area contributed by atoms with Crippen LogP contribution in [0.15, 0.2) is 57.1 Å². The van der Waals surface area contributed by atoms with E-state index in [2.05, 4.69) is 5.32 Å². The number of hydrogen-bond acceptors (Lipinski definition) is 7. The average Bonchev–Trinajstić information content (AvgIpc) is 3.51. The summed E-state index contributed by atoms with van der Waals surface area (Å²) in [6.45, 7) is 1.71. The lowest BCUT2D eigenvalue weighted by molar-refractivity contribution is -0.118. The van der Waals surface area contributed by atoms with Gasteiger partial charge >= 0.3 is 11.6 Å². The molecule has 4 aromatic rings. The van der Waals surface area contributed by atoms with Crippen LogP contribution in [0.4, 0.5) is 5.00 Å². The number of ether oxygens (including phenoxy) is 2. The van der Waals surface area contributed by atoms with Crippen LogP contribution >= 0.6 is 11.3 Å². The van der Waals surface area contributed by atoms with Crippen molar-refractivity contribution in [2.45, 2.75) is 26.2 Å². The largest absolute Gasteiger partial charge is 0.484 e. The molecule has 0 atom stereocenters. The summed E-state index contributed by atoms with van der Waals surface area (Å²) in [5.41, 5.74) is 4.89. The number of esters is 1. The van der Waals surface area contributed by atoms with Gasteiger partial charge < -0.3 is 19.2 Å². The Balaban J connectivity index is 1.33. The van der Waals surface area contributed by atoms with Crippen molar-refractivity contribution >= 4 is 39.2 Å². The van der Waals surface area contributed by atoms with Crippen LogP contribution in [-0.2, 0) is 22.4 Å². The number of thiophene rings is 1. The standard InChI is InChI=1S/C27H23NO6S/c1-15-6-8-16(9-7-15)21-14-35-25(24(21)27(31)32-2)28-23(29)13-33-17-10-11-19-18-4-3-5-20(18)26(30)34-22(19)12-17/h6-12,14H,3-5,13H2,1-2H3,(H,28,29). The fourth-order valence-electron chi connectivity index (χ4n) is 4.37. The zero-order valence-electron chi connectivity index (χ0n) is 19.3. The highest BCUT2D eigenvalue weighted by Gasteiger charge is 2.23. The lowest BCUT2D eigenvalue weighted by Gasteiger charge is -2.10. The number of nitrogens with one attached hydrogen (secondary N) is 1. The first-order valence-electron chi connectivity index (χ1n) is 11.2. The number of rotatable bonds is 6. The first-order chi connectivity index (χ1) is 16.9. The van der Waals surface area contributed by atoms with Crippen molar-refractivity contribution in [2.75, 3.05) is 19.0 Å². The van der Waals surface area contributed by atoms with Gasteiger partial charge in [-0.2, -0.15) is 0 Å². The molecule has 0 saturated carbocycles. The highest BCUT2D eigenvalue weighted by molar-refractivity contribution is 7.15. The van der Waals surface area contributed by atoms with Gasteiger partial charge in [-0.25, -0.2) is 9.59 Å². The second kappa shape index (κ2) is 9.38. The fourth-order valence-corrected chi connectivity index (χ4v) is 5.34. The van der Waals surface area contributed by atoms with E-state index in [0.717, 1.165) is 46.9 Å². The van der Waals surface area contributed by atoms with Gasteiger partial charge in [-0.05, 0) is 49.4 Å². The van der Waals surface area contributed by atoms with E-state index in [4.69, 9.17) is 13.9 Å². The van der Waals surface area contributed by atoms with Crippen LogP contribution < -0.4 is 15.7 Å². The lowest BCUT2D eigenvalue weighted by atomic mass is 10.0. The molecule has 0 saturated heterocycles. The molecular weight excluding hydrogens is 466 g/mol. The summed E-state index contributed by atoms with van der Waals surface area (Å²) in [5, 5.41) is 5.87. The second-order valence-corrected chi connectivity index (χ2v) is 9.29. The number of carbonyl (C=O) groups excluding carboxylic acids is 2. The molecule has 1 aliphatic carbocycles. The first kappa shape index (κ1) is 22.9. The average molecular weight is 490 g/mol. The predicted octanol–water partition coefficient (Wildman–Crippen LogP) is 5.12. The minimum atomic E-state index is -0.532. The zero-order valence-corrected chi connectivity index (χ0v) is 20.1. The highest BCUT2D eigenvalue weighted by Crippen LogP contribution is 2.36. The third kappa shape index (κ3) is 4.44. The van der Waals surface area contributed by atoms with E-state index >= 15 is 0 Å². The maximum atomic E-state index is 12.7. The van der Waals surface area contributed by atoms with E-state index in [9.17, 15) is 14.4 Å². The molecule has 2 heterocycles. The molecule has 0 spiro atoms. The van der Waals surface area contributed by atoms with Gasteiger partial charge in [-0.15, -0.1) is 11.3 Å². The number of amides is 1. The topological polar surface area (TPSA) is 94.8 Å². The van der Waals surface area contributed by atoms with Gasteiger partial charge in [0.25, 0.3) is 5.91 Å². The lowest BCUT2D eigenvalue weighted by Crippen LogP contribution is -2.21. The third-order valence-corrected chi connectivity index (χ3v) is 7.01. The maximum absolute atomic E-state index is 12.7. The summed E-state index contributed by atoms with van der Waals surface area (Å²) in [6.07, 6.45) is 2.54. The minimum absolute atomic E-state index is 0.279. The Kier molecular flexibility index (Phi) is 6.13. The van der Waals surface area contributed by atoms with Gasteiger partial charge in [0.2, 0.25) is 0 Å². The van der Waals surface area contributed by atoms with Gasteiger partial charge in [0.05, 0.1) is 7.11 Å². The number of aryl methyl sites for hydroxylation is 2. The molecule has 0 aliphatic heterocycles. The number of benzene rings is 2. The smallest absolute Gasteiger partial charge is 0.341 e. The Hall–Kier alpha value is -3.91. The summed E-state index contributed by atoms with van der Waals surface area (Å²) in [6, 6.07) is 13.0. The van der Waals surface area contributed by atoms with E-state index in [1.165, 1.54) is 18.4 Å². The number of carbonyl (C=O) groups is 2. The van der Waals surface area contributed by atoms with Gasteiger partial charge in [0.15, 0.2) is 6.61 Å². The summed E-state index contributed by atoms with van der Waals surface area (Å²) in [7, 11) is 1.31. The Bertz CT molecular complexity index is 1500. The van der Waals surface area contributed by atoms with Gasteiger partial charge in [0, 0.05) is 28.0 Å². The van der Waals surface area contributed by atoms with Crippen molar-refractivity contribution in [2.24, 2.45) is 0 Å². The van der Waals surface area contributed by atoms with Gasteiger partial charge in [-0.3, -0.25) is 4.79 Å². The summed E-state index contributed by atoms with van der Waals surface area (Å²) in [4.78, 5) is 37.4. The van der Waals surface area contributed by atoms with Crippen molar-refractivity contribution in [3.05, 3.63) is 80.5 Å². The van der Waals surface area contributed by atoms with Crippen LogP contribution in [0.5, 0.6) is 5.75 Å². The van der Waals surface area contributed by atoms with E-state index in [1.54, 1.807) is 12.1 Å². The van der Waals surface area contributed by atoms with Gasteiger partial charge in [-0.1, -0.05) is 29.8 Å². The Morgan fingerprint density at radius 1 is 1.09 bits per heavy atom. The van der Waals surface area contributed by atoms with Crippen LogP contribution in [0.25, 0.3) is 22.1 Å². The monoisotopic (exact) mass is 489 g/mol. The number of anilines is 1. The van der Waals surface area contributed by atoms with Crippen LogP contribution in [0, 0.1) is 6.92 Å². The molecule has 0 radical (unpaired) electrons. The Morgan fingerprint density at radius 2 is 1.86 bits per heavy atom. The maximum Gasteiger partial charge on any atom is 0.341 e. The molecule has 0 unspecified atom stereocenters. The first-order valence-corrected chi connectivity index (χ1v) is 12.1. The van der Waals surface area contributed by atoms with Gasteiger partial charge in [0.1, 0.15) is 21.9 Å². The third-order valence-electron chi connectivity index (χ3n) is 6.11. The van der Waals surface area contributed by atoms with Crippen LogP contribution in [-0.4, -0.2) is 25.6 Å². The molecule has 1 amide bonds. The zero-order chi connectivity index (χ0) is 24.5. The Labute approximate surface area is 205 Å². The number of fused-ring (bicyclic) bond motifs is 3. The summed E-state index contributed by atoms with van der Waals surface area (Å²) < 4.78 is 16.1. The van der Waals surface area contributed by atoms with Crippen molar-refractivity contribution in [1.82, 2.24) is 0 Å². The summed E-state index contributed by atoms with van der Waals surface area (Å²) in [5.74, 6) is -0.549. The number of methoxy groups -OCH3 is 1. The normalized spacial score (nSPS) is 12.4. The quantitative estimate of drug-likeness (QED) is 0.298. The second-order valence-electron chi connectivity index (χ2n) is 8.41. The minimum Gasteiger partial charge on any atom is -0.484 e. The molecule has 8 heteroatoms. The number of hydrogen-bond donors (Lipinski definition) is 1. The van der Waals surface area contributed by atoms with Crippen LogP contribution in [0.2, 0.25) is 0 Å². The van der Waals surface area contributed by atoms with Crippen molar-refractivity contribution < 1.29 is 23.5 Å².